The smallest absolute Gasteiger partial charge is 0.195 e. The third-order valence-corrected chi connectivity index (χ3v) is 3.12. The van der Waals surface area contributed by atoms with Gasteiger partial charge in [-0.1, -0.05) is 0 Å². The van der Waals surface area contributed by atoms with Gasteiger partial charge in [0.1, 0.15) is 5.82 Å². The molecule has 1 aliphatic heterocycles. The number of H-pyrrole nitrogens is 1. The normalized spacial score (nSPS) is 27.0. The van der Waals surface area contributed by atoms with Gasteiger partial charge in [0.25, 0.3) is 0 Å². The molecule has 0 bridgehead atoms. The van der Waals surface area contributed by atoms with Crippen LogP contribution in [0.4, 0.5) is 0 Å². The molecule has 4 nitrogen and oxygen atoms in total. The van der Waals surface area contributed by atoms with Gasteiger partial charge in [0.15, 0.2) is 4.77 Å². The molecule has 0 aromatic carbocycles. The van der Waals surface area contributed by atoms with Gasteiger partial charge in [-0.25, -0.2) is 0 Å². The Labute approximate surface area is 88.3 Å². The number of hydrogen-bond acceptors (Lipinski definition) is 3. The van der Waals surface area contributed by atoms with Gasteiger partial charge in [-0.3, -0.25) is 5.10 Å². The maximum atomic E-state index is 5.53. The molecular weight excluding hydrogens is 198 g/mol. The van der Waals surface area contributed by atoms with Crippen molar-refractivity contribution in [1.29, 1.82) is 0 Å². The minimum Gasteiger partial charge on any atom is -0.378 e. The van der Waals surface area contributed by atoms with Gasteiger partial charge in [-0.05, 0) is 32.5 Å². The van der Waals surface area contributed by atoms with Crippen molar-refractivity contribution < 1.29 is 4.74 Å². The van der Waals surface area contributed by atoms with Crippen LogP contribution >= 0.6 is 12.2 Å². The Bertz CT molecular complexity index is 370. The van der Waals surface area contributed by atoms with E-state index in [0.29, 0.717) is 10.7 Å². The fourth-order valence-corrected chi connectivity index (χ4v) is 2.26. The van der Waals surface area contributed by atoms with Crippen LogP contribution in [0.25, 0.3) is 0 Å². The van der Waals surface area contributed by atoms with Crippen LogP contribution in [0.3, 0.4) is 0 Å². The summed E-state index contributed by atoms with van der Waals surface area (Å²) in [4.78, 5) is 0. The van der Waals surface area contributed by atoms with E-state index in [4.69, 9.17) is 17.0 Å². The van der Waals surface area contributed by atoms with Gasteiger partial charge in [0.05, 0.1) is 6.10 Å². The lowest BCUT2D eigenvalue weighted by Gasteiger charge is -2.13. The molecule has 5 heteroatoms. The fraction of sp³-hybridized carbons (Fsp3) is 0.778. The molecule has 1 saturated heterocycles. The number of aromatic nitrogens is 3. The molecule has 1 aromatic heterocycles. The topological polar surface area (TPSA) is 42.8 Å². The zero-order chi connectivity index (χ0) is 10.1. The zero-order valence-corrected chi connectivity index (χ0v) is 9.30. The standard InChI is InChI=1S/C9H15N3OS/c1-3-12-8(10-11-9(12)14)7-4-5-13-6(7)2/h6-7H,3-5H2,1-2H3,(H,11,14). The monoisotopic (exact) mass is 213 g/mol. The number of hydrogen-bond donors (Lipinski definition) is 1. The van der Waals surface area contributed by atoms with Gasteiger partial charge < -0.3 is 9.30 Å². The van der Waals surface area contributed by atoms with Gasteiger partial charge in [0, 0.05) is 19.1 Å². The minimum absolute atomic E-state index is 0.255. The number of nitrogens with one attached hydrogen (secondary N) is 1. The van der Waals surface area contributed by atoms with Crippen molar-refractivity contribution in [2.75, 3.05) is 6.61 Å². The molecule has 0 spiro atoms. The SMILES string of the molecule is CCn1c(C2CCOC2C)n[nH]c1=S. The highest BCUT2D eigenvalue weighted by Crippen LogP contribution is 2.29. The molecule has 0 aliphatic carbocycles. The molecule has 0 radical (unpaired) electrons. The lowest BCUT2D eigenvalue weighted by atomic mass is 10.0. The highest BCUT2D eigenvalue weighted by Gasteiger charge is 2.29. The summed E-state index contributed by atoms with van der Waals surface area (Å²) in [6, 6.07) is 0. The van der Waals surface area contributed by atoms with Crippen LogP contribution in [0.1, 0.15) is 32.0 Å². The Morgan fingerprint density at radius 1 is 1.71 bits per heavy atom. The van der Waals surface area contributed by atoms with Crippen molar-refractivity contribution >= 4 is 12.2 Å². The fourth-order valence-electron chi connectivity index (χ4n) is 1.99. The van der Waals surface area contributed by atoms with Crippen molar-refractivity contribution in [1.82, 2.24) is 14.8 Å². The molecule has 2 unspecified atom stereocenters. The first-order chi connectivity index (χ1) is 6.74. The second-order valence-electron chi connectivity index (χ2n) is 3.60. The number of rotatable bonds is 2. The molecule has 0 saturated carbocycles. The molecule has 1 aliphatic rings. The van der Waals surface area contributed by atoms with Crippen molar-refractivity contribution in [3.63, 3.8) is 0 Å². The second-order valence-corrected chi connectivity index (χ2v) is 3.99. The Balaban J connectivity index is 2.35. The largest absolute Gasteiger partial charge is 0.378 e. The molecule has 1 aromatic rings. The van der Waals surface area contributed by atoms with Crippen LogP contribution in [0.5, 0.6) is 0 Å². The highest BCUT2D eigenvalue weighted by molar-refractivity contribution is 7.71. The third-order valence-electron chi connectivity index (χ3n) is 2.81. The number of aromatic amines is 1. The average molecular weight is 213 g/mol. The first kappa shape index (κ1) is 9.86. The lowest BCUT2D eigenvalue weighted by Crippen LogP contribution is -2.15. The predicted octanol–water partition coefficient (Wildman–Crippen LogP) is 1.85. The van der Waals surface area contributed by atoms with E-state index in [1.807, 2.05) is 4.57 Å². The van der Waals surface area contributed by atoms with Gasteiger partial charge in [0.2, 0.25) is 0 Å². The van der Waals surface area contributed by atoms with Gasteiger partial charge in [-0.2, -0.15) is 5.10 Å². The number of nitrogens with zero attached hydrogens (tertiary/aromatic N) is 2. The molecule has 2 rings (SSSR count). The van der Waals surface area contributed by atoms with Crippen LogP contribution in [0.2, 0.25) is 0 Å². The Morgan fingerprint density at radius 2 is 2.50 bits per heavy atom. The van der Waals surface area contributed by atoms with Crippen LogP contribution in [-0.4, -0.2) is 27.5 Å². The average Bonchev–Trinajstić information content (AvgIpc) is 2.71. The summed E-state index contributed by atoms with van der Waals surface area (Å²) in [7, 11) is 0. The zero-order valence-electron chi connectivity index (χ0n) is 8.49. The van der Waals surface area contributed by atoms with E-state index in [9.17, 15) is 0 Å². The highest BCUT2D eigenvalue weighted by atomic mass is 32.1. The summed E-state index contributed by atoms with van der Waals surface area (Å²) in [6.07, 6.45) is 1.30. The summed E-state index contributed by atoms with van der Waals surface area (Å²) in [5.41, 5.74) is 0. The molecule has 1 N–H and O–H groups in total. The van der Waals surface area contributed by atoms with Crippen LogP contribution in [0, 0.1) is 4.77 Å². The van der Waals surface area contributed by atoms with Gasteiger partial charge in [-0.15, -0.1) is 0 Å². The van der Waals surface area contributed by atoms with E-state index in [1.165, 1.54) is 0 Å². The molecule has 14 heavy (non-hydrogen) atoms. The second kappa shape index (κ2) is 3.82. The Morgan fingerprint density at radius 3 is 3.07 bits per heavy atom. The Kier molecular flexibility index (Phi) is 2.69. The predicted molar refractivity (Wildman–Crippen MR) is 55.9 cm³/mol. The minimum atomic E-state index is 0.255. The maximum Gasteiger partial charge on any atom is 0.195 e. The quantitative estimate of drug-likeness (QED) is 0.762. The van der Waals surface area contributed by atoms with Crippen molar-refractivity contribution in [3.05, 3.63) is 10.6 Å². The molecule has 1 fully saturated rings. The van der Waals surface area contributed by atoms with E-state index in [0.717, 1.165) is 25.4 Å². The molecule has 2 atom stereocenters. The molecular formula is C9H15N3OS. The van der Waals surface area contributed by atoms with E-state index in [1.54, 1.807) is 0 Å². The summed E-state index contributed by atoms with van der Waals surface area (Å²) in [5, 5.41) is 7.13. The van der Waals surface area contributed by atoms with Crippen molar-refractivity contribution in [3.8, 4) is 0 Å². The summed E-state index contributed by atoms with van der Waals surface area (Å²) < 4.78 is 8.28. The third kappa shape index (κ3) is 1.50. The van der Waals surface area contributed by atoms with Crippen LogP contribution in [0.15, 0.2) is 0 Å². The lowest BCUT2D eigenvalue weighted by molar-refractivity contribution is 0.116. The summed E-state index contributed by atoms with van der Waals surface area (Å²) in [6.45, 7) is 5.87. The summed E-state index contributed by atoms with van der Waals surface area (Å²) in [5.74, 6) is 1.44. The van der Waals surface area contributed by atoms with E-state index in [2.05, 4.69) is 24.0 Å². The molecule has 78 valence electrons. The van der Waals surface area contributed by atoms with Gasteiger partial charge >= 0.3 is 0 Å². The first-order valence-electron chi connectivity index (χ1n) is 5.00. The van der Waals surface area contributed by atoms with Crippen molar-refractivity contribution in [2.24, 2.45) is 0 Å². The van der Waals surface area contributed by atoms with Crippen LogP contribution < -0.4 is 0 Å². The van der Waals surface area contributed by atoms with E-state index < -0.39 is 0 Å². The van der Waals surface area contributed by atoms with Crippen LogP contribution in [-0.2, 0) is 11.3 Å². The molecule has 0 amide bonds. The molecule has 2 heterocycles. The van der Waals surface area contributed by atoms with Crippen molar-refractivity contribution in [2.45, 2.75) is 38.8 Å². The summed E-state index contributed by atoms with van der Waals surface area (Å²) >= 11 is 5.15. The first-order valence-corrected chi connectivity index (χ1v) is 5.41. The van der Waals surface area contributed by atoms with E-state index >= 15 is 0 Å². The van der Waals surface area contributed by atoms with E-state index in [-0.39, 0.29) is 6.10 Å². The number of ether oxygens (including phenoxy) is 1. The Hall–Kier alpha value is -0.680. The maximum absolute atomic E-state index is 5.53.